The number of rotatable bonds is 46. The quantitative estimate of drug-likeness (QED) is 0.0196. The maximum absolute atomic E-state index is 12.9. The molecule has 0 aromatic heterocycles. The van der Waals surface area contributed by atoms with Crippen LogP contribution in [-0.4, -0.2) is 100 Å². The molecule has 1 fully saturated rings. The predicted molar refractivity (Wildman–Crippen MR) is 264 cm³/mol. The van der Waals surface area contributed by atoms with Gasteiger partial charge in [-0.05, 0) is 57.8 Å². The first-order chi connectivity index (χ1) is 31.7. The average molecular weight is 924 g/mol. The highest BCUT2D eigenvalue weighted by molar-refractivity contribution is 5.76. The minimum Gasteiger partial charge on any atom is -0.466 e. The molecule has 0 bridgehead atoms. The molecular formula is C54H101NO10. The van der Waals surface area contributed by atoms with E-state index in [1.54, 1.807) is 6.08 Å². The van der Waals surface area contributed by atoms with Crippen LogP contribution in [0.3, 0.4) is 0 Å². The van der Waals surface area contributed by atoms with Gasteiger partial charge in [0.2, 0.25) is 5.91 Å². The summed E-state index contributed by atoms with van der Waals surface area (Å²) in [5, 5.41) is 54.1. The standard InChI is InChI=1S/C54H101NO10/c1-3-5-7-9-11-13-14-15-16-19-22-26-30-34-38-42-50(59)63-43-39-35-31-27-23-20-17-18-21-25-29-33-37-41-49(58)55-46(47(57)40-36-32-28-24-12-10-8-6-4-2)45-64-54-53(62)52(61)51(60)48(44-56)65-54/h18,21,36,40,46-48,51-54,56-57,60-62H,3-17,19-20,22-35,37-39,41-45H2,1-2H3,(H,55,58)/b21-18-,40-36+. The van der Waals surface area contributed by atoms with E-state index in [0.29, 0.717) is 25.9 Å². The fraction of sp³-hybridized carbons (Fsp3) is 0.889. The van der Waals surface area contributed by atoms with Gasteiger partial charge < -0.3 is 45.1 Å². The van der Waals surface area contributed by atoms with Crippen molar-refractivity contribution in [3.63, 3.8) is 0 Å². The number of amides is 1. The summed E-state index contributed by atoms with van der Waals surface area (Å²) in [6, 6.07) is -0.828. The monoisotopic (exact) mass is 924 g/mol. The van der Waals surface area contributed by atoms with E-state index in [-0.39, 0.29) is 18.5 Å². The number of allylic oxidation sites excluding steroid dienone is 3. The third-order valence-electron chi connectivity index (χ3n) is 12.8. The van der Waals surface area contributed by atoms with Gasteiger partial charge in [-0.1, -0.05) is 199 Å². The van der Waals surface area contributed by atoms with Crippen LogP contribution in [0.25, 0.3) is 0 Å². The normalized spacial score (nSPS) is 19.9. The van der Waals surface area contributed by atoms with Crippen molar-refractivity contribution in [1.82, 2.24) is 5.32 Å². The number of esters is 1. The van der Waals surface area contributed by atoms with Crippen LogP contribution in [-0.2, 0) is 23.8 Å². The molecule has 0 saturated carbocycles. The molecule has 0 spiro atoms. The molecule has 6 N–H and O–H groups in total. The van der Waals surface area contributed by atoms with Gasteiger partial charge in [-0.25, -0.2) is 0 Å². The highest BCUT2D eigenvalue weighted by Gasteiger charge is 2.44. The second-order valence-electron chi connectivity index (χ2n) is 18.9. The molecule has 1 amide bonds. The molecule has 0 aliphatic carbocycles. The Labute approximate surface area is 397 Å². The van der Waals surface area contributed by atoms with Crippen molar-refractivity contribution in [2.24, 2.45) is 0 Å². The zero-order chi connectivity index (χ0) is 47.4. The average Bonchev–Trinajstić information content (AvgIpc) is 3.30. The molecule has 0 aromatic rings. The SMILES string of the molecule is CCCCCCCCC/C=C/C(O)C(COC1OC(CO)C(O)C(O)C1O)NC(=O)CCCCC/C=C\CCCCCCCCOC(=O)CCCCCCCCCCCCCCCCC. The molecule has 7 unspecified atom stereocenters. The van der Waals surface area contributed by atoms with Crippen molar-refractivity contribution in [2.45, 2.75) is 288 Å². The molecule has 1 aliphatic rings. The Kier molecular flexibility index (Phi) is 42.0. The van der Waals surface area contributed by atoms with Crippen LogP contribution in [0.2, 0.25) is 0 Å². The Balaban J connectivity index is 2.12. The smallest absolute Gasteiger partial charge is 0.305 e. The lowest BCUT2D eigenvalue weighted by molar-refractivity contribution is -0.302. The summed E-state index contributed by atoms with van der Waals surface area (Å²) < 4.78 is 16.6. The first kappa shape index (κ1) is 61.2. The molecule has 1 saturated heterocycles. The van der Waals surface area contributed by atoms with Gasteiger partial charge in [0.05, 0.1) is 32.0 Å². The molecular weight excluding hydrogens is 823 g/mol. The van der Waals surface area contributed by atoms with E-state index in [9.17, 15) is 35.1 Å². The molecule has 11 heteroatoms. The topological polar surface area (TPSA) is 175 Å². The Morgan fingerprint density at radius 1 is 0.554 bits per heavy atom. The van der Waals surface area contributed by atoms with Gasteiger partial charge in [0.15, 0.2) is 6.29 Å². The van der Waals surface area contributed by atoms with Crippen LogP contribution >= 0.6 is 0 Å². The second kappa shape index (κ2) is 44.6. The first-order valence-corrected chi connectivity index (χ1v) is 27.1. The number of nitrogens with one attached hydrogen (secondary N) is 1. The third kappa shape index (κ3) is 35.0. The summed E-state index contributed by atoms with van der Waals surface area (Å²) in [7, 11) is 0. The highest BCUT2D eigenvalue weighted by atomic mass is 16.7. The summed E-state index contributed by atoms with van der Waals surface area (Å²) in [4.78, 5) is 25.0. The molecule has 0 radical (unpaired) electrons. The Morgan fingerprint density at radius 2 is 0.985 bits per heavy atom. The lowest BCUT2D eigenvalue weighted by atomic mass is 9.99. The van der Waals surface area contributed by atoms with Gasteiger partial charge in [-0.15, -0.1) is 0 Å². The highest BCUT2D eigenvalue weighted by Crippen LogP contribution is 2.23. The van der Waals surface area contributed by atoms with Gasteiger partial charge >= 0.3 is 5.97 Å². The van der Waals surface area contributed by atoms with E-state index in [1.165, 1.54) is 141 Å². The van der Waals surface area contributed by atoms with E-state index in [2.05, 4.69) is 31.3 Å². The number of carbonyl (C=O) groups is 2. The Morgan fingerprint density at radius 3 is 1.49 bits per heavy atom. The van der Waals surface area contributed by atoms with Gasteiger partial charge in [0.1, 0.15) is 24.4 Å². The van der Waals surface area contributed by atoms with Gasteiger partial charge in [-0.2, -0.15) is 0 Å². The summed E-state index contributed by atoms with van der Waals surface area (Å²) in [6.45, 7) is 4.25. The maximum atomic E-state index is 12.9. The number of unbranched alkanes of at least 4 members (excludes halogenated alkanes) is 30. The van der Waals surface area contributed by atoms with Crippen LogP contribution in [0.5, 0.6) is 0 Å². The zero-order valence-electron chi connectivity index (χ0n) is 41.7. The molecule has 65 heavy (non-hydrogen) atoms. The minimum absolute atomic E-state index is 0.0325. The lowest BCUT2D eigenvalue weighted by Crippen LogP contribution is -2.60. The summed E-state index contributed by atoms with van der Waals surface area (Å²) in [5.41, 5.74) is 0. The lowest BCUT2D eigenvalue weighted by Gasteiger charge is -2.40. The van der Waals surface area contributed by atoms with E-state index >= 15 is 0 Å². The number of carbonyl (C=O) groups excluding carboxylic acids is 2. The summed E-state index contributed by atoms with van der Waals surface area (Å²) >= 11 is 0. The van der Waals surface area contributed by atoms with E-state index in [0.717, 1.165) is 70.6 Å². The van der Waals surface area contributed by atoms with Crippen molar-refractivity contribution in [3.8, 4) is 0 Å². The Hall–Kier alpha value is -1.86. The molecule has 1 rings (SSSR count). The first-order valence-electron chi connectivity index (χ1n) is 27.1. The maximum Gasteiger partial charge on any atom is 0.305 e. The fourth-order valence-corrected chi connectivity index (χ4v) is 8.43. The van der Waals surface area contributed by atoms with Crippen molar-refractivity contribution in [1.29, 1.82) is 0 Å². The number of ether oxygens (including phenoxy) is 3. The fourth-order valence-electron chi connectivity index (χ4n) is 8.43. The molecule has 1 aliphatic heterocycles. The van der Waals surface area contributed by atoms with E-state index in [1.807, 2.05) is 6.08 Å². The largest absolute Gasteiger partial charge is 0.466 e. The number of aliphatic hydroxyl groups excluding tert-OH is 5. The number of hydrogen-bond donors (Lipinski definition) is 6. The zero-order valence-corrected chi connectivity index (χ0v) is 41.7. The van der Waals surface area contributed by atoms with Gasteiger partial charge in [-0.3, -0.25) is 9.59 Å². The van der Waals surface area contributed by atoms with Crippen molar-refractivity contribution < 1.29 is 49.3 Å². The van der Waals surface area contributed by atoms with Crippen molar-refractivity contribution >= 4 is 11.9 Å². The predicted octanol–water partition coefficient (Wildman–Crippen LogP) is 11.4. The van der Waals surface area contributed by atoms with Crippen LogP contribution in [0, 0.1) is 0 Å². The van der Waals surface area contributed by atoms with Crippen molar-refractivity contribution in [3.05, 3.63) is 24.3 Å². The number of aliphatic hydroxyl groups is 5. The third-order valence-corrected chi connectivity index (χ3v) is 12.8. The molecule has 0 aromatic carbocycles. The molecule has 11 nitrogen and oxygen atoms in total. The van der Waals surface area contributed by atoms with Crippen LogP contribution in [0.15, 0.2) is 24.3 Å². The molecule has 7 atom stereocenters. The van der Waals surface area contributed by atoms with Crippen LogP contribution in [0.1, 0.15) is 245 Å². The van der Waals surface area contributed by atoms with Crippen molar-refractivity contribution in [2.75, 3.05) is 19.8 Å². The second-order valence-corrected chi connectivity index (χ2v) is 18.9. The molecule has 382 valence electrons. The van der Waals surface area contributed by atoms with Crippen LogP contribution in [0.4, 0.5) is 0 Å². The van der Waals surface area contributed by atoms with E-state index < -0.39 is 49.5 Å². The Bertz CT molecular complexity index is 1130. The van der Waals surface area contributed by atoms with Crippen LogP contribution < -0.4 is 5.32 Å². The van der Waals surface area contributed by atoms with Gasteiger partial charge in [0.25, 0.3) is 0 Å². The summed E-state index contributed by atoms with van der Waals surface area (Å²) in [6.07, 6.45) is 41.3. The summed E-state index contributed by atoms with van der Waals surface area (Å²) in [5.74, 6) is -0.246. The minimum atomic E-state index is -1.58. The molecule has 1 heterocycles. The van der Waals surface area contributed by atoms with E-state index in [4.69, 9.17) is 14.2 Å². The van der Waals surface area contributed by atoms with Gasteiger partial charge in [0, 0.05) is 12.8 Å². The number of hydrogen-bond acceptors (Lipinski definition) is 10.